The first-order valence-electron chi connectivity index (χ1n) is 4.59. The van der Waals surface area contributed by atoms with Crippen LogP contribution in [0.1, 0.15) is 0 Å². The first-order valence-corrected chi connectivity index (χ1v) is 4.97. The molecule has 2 nitrogen and oxygen atoms in total. The summed E-state index contributed by atoms with van der Waals surface area (Å²) in [5.74, 6) is 0. The monoisotopic (exact) mass is 219 g/mol. The predicted molar refractivity (Wildman–Crippen MR) is 62.1 cm³/mol. The summed E-state index contributed by atoms with van der Waals surface area (Å²) in [5.41, 5.74) is 1.89. The van der Waals surface area contributed by atoms with Crippen molar-refractivity contribution in [2.24, 2.45) is 7.05 Å². The summed E-state index contributed by atoms with van der Waals surface area (Å²) in [5, 5.41) is 0.694. The molecule has 0 aliphatic heterocycles. The van der Waals surface area contributed by atoms with E-state index in [1.54, 1.807) is 18.3 Å². The minimum absolute atomic E-state index is 0.0121. The third-order valence-electron chi connectivity index (χ3n) is 2.26. The number of pyridine rings is 1. The van der Waals surface area contributed by atoms with Crippen molar-refractivity contribution < 1.29 is 0 Å². The van der Waals surface area contributed by atoms with E-state index in [2.05, 4.69) is 0 Å². The molecule has 1 aromatic heterocycles. The molecular weight excluding hydrogens is 210 g/mol. The van der Waals surface area contributed by atoms with Gasteiger partial charge in [-0.1, -0.05) is 23.7 Å². The second-order valence-corrected chi connectivity index (χ2v) is 3.80. The van der Waals surface area contributed by atoms with Crippen LogP contribution >= 0.6 is 11.6 Å². The maximum atomic E-state index is 11.2. The molecule has 0 fully saturated rings. The standard InChI is InChI=1S/C12H10ClNO/c1-14-7-6-11(15)8-12(14)9-2-4-10(13)5-3-9/h2-8H,1H3. The molecule has 0 bridgehead atoms. The zero-order chi connectivity index (χ0) is 10.8. The lowest BCUT2D eigenvalue weighted by atomic mass is 10.1. The minimum Gasteiger partial charge on any atom is -0.350 e. The van der Waals surface area contributed by atoms with Gasteiger partial charge in [-0.05, 0) is 17.7 Å². The molecule has 0 amide bonds. The van der Waals surface area contributed by atoms with Crippen molar-refractivity contribution in [1.29, 1.82) is 0 Å². The van der Waals surface area contributed by atoms with Crippen LogP contribution in [0.15, 0.2) is 47.4 Å². The van der Waals surface area contributed by atoms with E-state index >= 15 is 0 Å². The zero-order valence-electron chi connectivity index (χ0n) is 8.27. The molecule has 76 valence electrons. The summed E-state index contributed by atoms with van der Waals surface area (Å²) in [6.07, 6.45) is 1.76. The van der Waals surface area contributed by atoms with Crippen molar-refractivity contribution in [2.75, 3.05) is 0 Å². The normalized spacial score (nSPS) is 10.3. The van der Waals surface area contributed by atoms with Crippen LogP contribution in [0.3, 0.4) is 0 Å². The largest absolute Gasteiger partial charge is 0.350 e. The fraction of sp³-hybridized carbons (Fsp3) is 0.0833. The maximum absolute atomic E-state index is 11.2. The van der Waals surface area contributed by atoms with Crippen molar-refractivity contribution in [3.63, 3.8) is 0 Å². The van der Waals surface area contributed by atoms with Gasteiger partial charge in [0.1, 0.15) is 0 Å². The van der Waals surface area contributed by atoms with Gasteiger partial charge in [-0.25, -0.2) is 0 Å². The van der Waals surface area contributed by atoms with E-state index in [0.717, 1.165) is 11.3 Å². The van der Waals surface area contributed by atoms with Crippen molar-refractivity contribution in [1.82, 2.24) is 4.57 Å². The van der Waals surface area contributed by atoms with Crippen LogP contribution in [0.4, 0.5) is 0 Å². The van der Waals surface area contributed by atoms with Crippen LogP contribution in [-0.4, -0.2) is 4.57 Å². The minimum atomic E-state index is 0.0121. The second-order valence-electron chi connectivity index (χ2n) is 3.37. The van der Waals surface area contributed by atoms with Crippen LogP contribution in [0.5, 0.6) is 0 Å². The lowest BCUT2D eigenvalue weighted by Crippen LogP contribution is -2.04. The number of aryl methyl sites for hydroxylation is 1. The van der Waals surface area contributed by atoms with E-state index < -0.39 is 0 Å². The van der Waals surface area contributed by atoms with Gasteiger partial charge in [0.05, 0.1) is 5.69 Å². The molecule has 0 spiro atoms. The van der Waals surface area contributed by atoms with E-state index in [-0.39, 0.29) is 5.43 Å². The molecule has 0 atom stereocenters. The molecule has 2 rings (SSSR count). The molecule has 2 aromatic rings. The van der Waals surface area contributed by atoms with Crippen LogP contribution in [-0.2, 0) is 7.05 Å². The number of benzene rings is 1. The quantitative estimate of drug-likeness (QED) is 0.723. The van der Waals surface area contributed by atoms with Gasteiger partial charge in [-0.2, -0.15) is 0 Å². The molecule has 0 aliphatic rings. The SMILES string of the molecule is Cn1ccc(=O)cc1-c1ccc(Cl)cc1. The van der Waals surface area contributed by atoms with Crippen molar-refractivity contribution in [3.8, 4) is 11.3 Å². The second kappa shape index (κ2) is 3.91. The molecule has 3 heteroatoms. The Morgan fingerprint density at radius 2 is 1.80 bits per heavy atom. The van der Waals surface area contributed by atoms with Gasteiger partial charge in [0.15, 0.2) is 5.43 Å². The van der Waals surface area contributed by atoms with Gasteiger partial charge in [-0.15, -0.1) is 0 Å². The van der Waals surface area contributed by atoms with Gasteiger partial charge in [0.25, 0.3) is 0 Å². The third kappa shape index (κ3) is 2.10. The molecule has 1 aromatic carbocycles. The Balaban J connectivity index is 2.58. The summed E-state index contributed by atoms with van der Waals surface area (Å²) in [4.78, 5) is 11.2. The molecule has 0 saturated carbocycles. The summed E-state index contributed by atoms with van der Waals surface area (Å²) >= 11 is 5.80. The molecule has 0 N–H and O–H groups in total. The Morgan fingerprint density at radius 1 is 1.13 bits per heavy atom. The molecule has 0 aliphatic carbocycles. The van der Waals surface area contributed by atoms with Gasteiger partial charge in [-0.3, -0.25) is 4.79 Å². The molecular formula is C12H10ClNO. The highest BCUT2D eigenvalue weighted by molar-refractivity contribution is 6.30. The van der Waals surface area contributed by atoms with Crippen LogP contribution in [0, 0.1) is 0 Å². The maximum Gasteiger partial charge on any atom is 0.182 e. The van der Waals surface area contributed by atoms with E-state index in [9.17, 15) is 4.79 Å². The Hall–Kier alpha value is -1.54. The molecule has 0 saturated heterocycles. The Labute approximate surface area is 92.7 Å². The van der Waals surface area contributed by atoms with Gasteiger partial charge < -0.3 is 4.57 Å². The molecule has 0 unspecified atom stereocenters. The first kappa shape index (κ1) is 9.99. The molecule has 15 heavy (non-hydrogen) atoms. The van der Waals surface area contributed by atoms with E-state index in [1.165, 1.54) is 0 Å². The highest BCUT2D eigenvalue weighted by Crippen LogP contribution is 2.19. The van der Waals surface area contributed by atoms with Crippen LogP contribution < -0.4 is 5.43 Å². The Morgan fingerprint density at radius 3 is 2.47 bits per heavy atom. The Bertz CT molecular complexity index is 528. The van der Waals surface area contributed by atoms with E-state index in [4.69, 9.17) is 11.6 Å². The van der Waals surface area contributed by atoms with Crippen LogP contribution in [0.2, 0.25) is 5.02 Å². The van der Waals surface area contributed by atoms with Crippen molar-refractivity contribution >= 4 is 11.6 Å². The van der Waals surface area contributed by atoms with Gasteiger partial charge in [0, 0.05) is 30.4 Å². The van der Waals surface area contributed by atoms with Gasteiger partial charge in [0.2, 0.25) is 0 Å². The number of hydrogen-bond donors (Lipinski definition) is 0. The summed E-state index contributed by atoms with van der Waals surface area (Å²) in [6, 6.07) is 10.6. The topological polar surface area (TPSA) is 22.0 Å². The third-order valence-corrected chi connectivity index (χ3v) is 2.51. The number of aromatic nitrogens is 1. The number of nitrogens with zero attached hydrogens (tertiary/aromatic N) is 1. The number of rotatable bonds is 1. The van der Waals surface area contributed by atoms with E-state index in [1.807, 2.05) is 35.9 Å². The summed E-state index contributed by atoms with van der Waals surface area (Å²) in [6.45, 7) is 0. The Kier molecular flexibility index (Phi) is 2.60. The highest BCUT2D eigenvalue weighted by Gasteiger charge is 2.00. The smallest absolute Gasteiger partial charge is 0.182 e. The lowest BCUT2D eigenvalue weighted by molar-refractivity contribution is 0.910. The fourth-order valence-electron chi connectivity index (χ4n) is 1.46. The summed E-state index contributed by atoms with van der Waals surface area (Å²) in [7, 11) is 1.91. The van der Waals surface area contributed by atoms with Gasteiger partial charge >= 0.3 is 0 Å². The van der Waals surface area contributed by atoms with E-state index in [0.29, 0.717) is 5.02 Å². The first-order chi connectivity index (χ1) is 7.16. The average molecular weight is 220 g/mol. The lowest BCUT2D eigenvalue weighted by Gasteiger charge is -2.07. The molecule has 0 radical (unpaired) electrons. The molecule has 1 heterocycles. The zero-order valence-corrected chi connectivity index (χ0v) is 9.03. The predicted octanol–water partition coefficient (Wildman–Crippen LogP) is 2.71. The van der Waals surface area contributed by atoms with Crippen molar-refractivity contribution in [3.05, 3.63) is 57.8 Å². The van der Waals surface area contributed by atoms with Crippen molar-refractivity contribution in [2.45, 2.75) is 0 Å². The fourth-order valence-corrected chi connectivity index (χ4v) is 1.58. The number of halogens is 1. The summed E-state index contributed by atoms with van der Waals surface area (Å²) < 4.78 is 1.91. The average Bonchev–Trinajstić information content (AvgIpc) is 2.23. The number of hydrogen-bond acceptors (Lipinski definition) is 1. The van der Waals surface area contributed by atoms with Crippen LogP contribution in [0.25, 0.3) is 11.3 Å². The highest BCUT2D eigenvalue weighted by atomic mass is 35.5.